The van der Waals surface area contributed by atoms with Crippen LogP contribution in [0.3, 0.4) is 0 Å². The van der Waals surface area contributed by atoms with Crippen LogP contribution in [-0.4, -0.2) is 19.4 Å². The standard InChI is InChI=1S/C32H30N2O3/c1-36-25-15-13-23(14-16-25)32-31-27(20-24(21-29(31)35)30-12-7-19-37-30)33-26-10-5-6-11-28(26)34(32)18-17-22-8-3-2-4-9-22/h2-16,19,24,32-33H,17-18,20-21H2,1H3/t24-,32-/m1/s1. The molecule has 0 spiro atoms. The third-order valence-electron chi connectivity index (χ3n) is 7.45. The van der Waals surface area contributed by atoms with E-state index in [1.807, 2.05) is 36.4 Å². The summed E-state index contributed by atoms with van der Waals surface area (Å²) in [5.74, 6) is 1.84. The molecule has 6 rings (SSSR count). The van der Waals surface area contributed by atoms with E-state index in [0.717, 1.165) is 59.1 Å². The highest BCUT2D eigenvalue weighted by molar-refractivity contribution is 6.01. The number of methoxy groups -OCH3 is 1. The molecule has 4 aromatic rings. The average Bonchev–Trinajstić information content (AvgIpc) is 3.44. The fraction of sp³-hybridized carbons (Fsp3) is 0.219. The van der Waals surface area contributed by atoms with E-state index in [4.69, 9.17) is 9.15 Å². The number of anilines is 2. The number of ketones is 1. The zero-order valence-corrected chi connectivity index (χ0v) is 20.9. The van der Waals surface area contributed by atoms with Gasteiger partial charge >= 0.3 is 0 Å². The minimum atomic E-state index is -0.217. The number of fused-ring (bicyclic) bond motifs is 1. The first-order valence-corrected chi connectivity index (χ1v) is 12.8. The fourth-order valence-corrected chi connectivity index (χ4v) is 5.66. The summed E-state index contributed by atoms with van der Waals surface area (Å²) in [5.41, 5.74) is 6.28. The molecule has 0 unspecified atom stereocenters. The summed E-state index contributed by atoms with van der Waals surface area (Å²) >= 11 is 0. The number of nitrogens with one attached hydrogen (secondary N) is 1. The molecule has 5 heteroatoms. The monoisotopic (exact) mass is 490 g/mol. The van der Waals surface area contributed by atoms with Gasteiger partial charge in [-0.1, -0.05) is 54.6 Å². The Bertz CT molecular complexity index is 1410. The Balaban J connectivity index is 1.48. The molecular formula is C32H30N2O3. The van der Waals surface area contributed by atoms with Crippen LogP contribution in [0.2, 0.25) is 0 Å². The molecule has 2 aliphatic rings. The van der Waals surface area contributed by atoms with Gasteiger partial charge in [-0.25, -0.2) is 0 Å². The highest BCUT2D eigenvalue weighted by atomic mass is 16.5. The van der Waals surface area contributed by atoms with Gasteiger partial charge in [-0.05, 0) is 60.4 Å². The number of rotatable bonds is 6. The molecule has 5 nitrogen and oxygen atoms in total. The number of hydrogen-bond donors (Lipinski definition) is 1. The Labute approximate surface area is 217 Å². The summed E-state index contributed by atoms with van der Waals surface area (Å²) in [6.07, 6.45) is 3.71. The Kier molecular flexibility index (Phi) is 6.27. The van der Waals surface area contributed by atoms with E-state index in [0.29, 0.717) is 6.42 Å². The minimum absolute atomic E-state index is 0.0216. The van der Waals surface area contributed by atoms with E-state index in [-0.39, 0.29) is 17.7 Å². The summed E-state index contributed by atoms with van der Waals surface area (Å²) < 4.78 is 11.2. The fourth-order valence-electron chi connectivity index (χ4n) is 5.66. The first-order valence-electron chi connectivity index (χ1n) is 12.8. The lowest BCUT2D eigenvalue weighted by atomic mass is 9.80. The van der Waals surface area contributed by atoms with Crippen molar-refractivity contribution in [2.24, 2.45) is 0 Å². The van der Waals surface area contributed by atoms with Crippen molar-refractivity contribution in [2.45, 2.75) is 31.2 Å². The van der Waals surface area contributed by atoms with Gasteiger partial charge in [-0.2, -0.15) is 0 Å². The highest BCUT2D eigenvalue weighted by Gasteiger charge is 2.39. The molecule has 0 fully saturated rings. The molecule has 186 valence electrons. The summed E-state index contributed by atoms with van der Waals surface area (Å²) in [7, 11) is 1.67. The lowest BCUT2D eigenvalue weighted by molar-refractivity contribution is -0.116. The van der Waals surface area contributed by atoms with Crippen LogP contribution >= 0.6 is 0 Å². The maximum Gasteiger partial charge on any atom is 0.163 e. The maximum absolute atomic E-state index is 14.0. The molecule has 0 saturated heterocycles. The molecule has 2 heterocycles. The molecule has 0 amide bonds. The van der Waals surface area contributed by atoms with Crippen molar-refractivity contribution >= 4 is 17.2 Å². The largest absolute Gasteiger partial charge is 0.497 e. The molecule has 0 radical (unpaired) electrons. The number of benzene rings is 3. The van der Waals surface area contributed by atoms with Crippen LogP contribution in [0.4, 0.5) is 11.4 Å². The third kappa shape index (κ3) is 4.53. The second-order valence-corrected chi connectivity index (χ2v) is 9.68. The SMILES string of the molecule is COc1ccc([C@@H]2C3=C(C[C@@H](c4ccco4)CC3=O)Nc3ccccc3N2CCc2ccccc2)cc1. The topological polar surface area (TPSA) is 54.7 Å². The Hall–Kier alpha value is -4.25. The van der Waals surface area contributed by atoms with Crippen LogP contribution in [0.15, 0.2) is 113 Å². The van der Waals surface area contributed by atoms with E-state index in [9.17, 15) is 4.79 Å². The number of hydrogen-bond acceptors (Lipinski definition) is 5. The van der Waals surface area contributed by atoms with Crippen LogP contribution in [-0.2, 0) is 11.2 Å². The zero-order valence-electron chi connectivity index (χ0n) is 20.9. The van der Waals surface area contributed by atoms with Crippen molar-refractivity contribution in [3.8, 4) is 5.75 Å². The molecule has 2 atom stereocenters. The number of Topliss-reactive ketones (excluding diaryl/α,β-unsaturated/α-hetero) is 1. The van der Waals surface area contributed by atoms with E-state index < -0.39 is 0 Å². The summed E-state index contributed by atoms with van der Waals surface area (Å²) in [6, 6.07) is 30.7. The summed E-state index contributed by atoms with van der Waals surface area (Å²) in [6.45, 7) is 0.769. The smallest absolute Gasteiger partial charge is 0.163 e. The predicted molar refractivity (Wildman–Crippen MR) is 146 cm³/mol. The van der Waals surface area contributed by atoms with E-state index in [2.05, 4.69) is 64.8 Å². The van der Waals surface area contributed by atoms with Crippen molar-refractivity contribution in [1.82, 2.24) is 0 Å². The first kappa shape index (κ1) is 23.2. The second-order valence-electron chi connectivity index (χ2n) is 9.68. The van der Waals surface area contributed by atoms with Crippen molar-refractivity contribution in [1.29, 1.82) is 0 Å². The van der Waals surface area contributed by atoms with E-state index >= 15 is 0 Å². The van der Waals surface area contributed by atoms with Gasteiger partial charge in [0.25, 0.3) is 0 Å². The molecule has 37 heavy (non-hydrogen) atoms. The van der Waals surface area contributed by atoms with Crippen LogP contribution < -0.4 is 15.0 Å². The van der Waals surface area contributed by atoms with Crippen molar-refractivity contribution in [3.05, 3.63) is 125 Å². The van der Waals surface area contributed by atoms with Gasteiger partial charge in [0.1, 0.15) is 11.5 Å². The molecule has 3 aromatic carbocycles. The van der Waals surface area contributed by atoms with Gasteiger partial charge in [0.05, 0.1) is 30.8 Å². The molecule has 1 aliphatic heterocycles. The molecule has 0 bridgehead atoms. The van der Waals surface area contributed by atoms with Gasteiger partial charge in [0.15, 0.2) is 5.78 Å². The van der Waals surface area contributed by atoms with E-state index in [1.54, 1.807) is 13.4 Å². The lowest BCUT2D eigenvalue weighted by Gasteiger charge is -2.36. The van der Waals surface area contributed by atoms with Gasteiger partial charge in [0, 0.05) is 30.2 Å². The number of ether oxygens (including phenoxy) is 1. The Morgan fingerprint density at radius 3 is 2.46 bits per heavy atom. The quantitative estimate of drug-likeness (QED) is 0.318. The lowest BCUT2D eigenvalue weighted by Crippen LogP contribution is -2.35. The Morgan fingerprint density at radius 2 is 1.70 bits per heavy atom. The average molecular weight is 491 g/mol. The minimum Gasteiger partial charge on any atom is -0.497 e. The first-order chi connectivity index (χ1) is 18.2. The third-order valence-corrected chi connectivity index (χ3v) is 7.45. The molecule has 1 aliphatic carbocycles. The zero-order chi connectivity index (χ0) is 25.2. The van der Waals surface area contributed by atoms with Gasteiger partial charge in [-0.3, -0.25) is 4.79 Å². The normalized spacial score (nSPS) is 19.1. The van der Waals surface area contributed by atoms with Gasteiger partial charge in [0.2, 0.25) is 0 Å². The second kappa shape index (κ2) is 10.0. The van der Waals surface area contributed by atoms with Crippen LogP contribution in [0.5, 0.6) is 5.75 Å². The predicted octanol–water partition coefficient (Wildman–Crippen LogP) is 6.90. The number of furan rings is 1. The number of nitrogens with zero attached hydrogens (tertiary/aromatic N) is 1. The molecule has 0 saturated carbocycles. The highest BCUT2D eigenvalue weighted by Crippen LogP contribution is 2.47. The van der Waals surface area contributed by atoms with Crippen LogP contribution in [0, 0.1) is 0 Å². The molecule has 1 aromatic heterocycles. The van der Waals surface area contributed by atoms with Gasteiger partial charge in [-0.15, -0.1) is 0 Å². The van der Waals surface area contributed by atoms with Gasteiger partial charge < -0.3 is 19.4 Å². The van der Waals surface area contributed by atoms with Crippen molar-refractivity contribution in [3.63, 3.8) is 0 Å². The van der Waals surface area contributed by atoms with Crippen LogP contribution in [0.25, 0.3) is 0 Å². The molecular weight excluding hydrogens is 460 g/mol. The van der Waals surface area contributed by atoms with Crippen molar-refractivity contribution < 1.29 is 13.9 Å². The van der Waals surface area contributed by atoms with E-state index in [1.165, 1.54) is 5.56 Å². The summed E-state index contributed by atoms with van der Waals surface area (Å²) in [4.78, 5) is 16.4. The number of carbonyl (C=O) groups is 1. The number of carbonyl (C=O) groups excluding carboxylic acids is 1. The Morgan fingerprint density at radius 1 is 0.919 bits per heavy atom. The number of para-hydroxylation sites is 2. The number of allylic oxidation sites excluding steroid dienone is 1. The van der Waals surface area contributed by atoms with Crippen molar-refractivity contribution in [2.75, 3.05) is 23.9 Å². The summed E-state index contributed by atoms with van der Waals surface area (Å²) in [5, 5.41) is 3.68. The van der Waals surface area contributed by atoms with Crippen LogP contribution in [0.1, 0.15) is 41.7 Å². The maximum atomic E-state index is 14.0. The molecule has 1 N–H and O–H groups in total.